The number of ether oxygens (including phenoxy) is 1. The second-order valence-electron chi connectivity index (χ2n) is 8.48. The highest BCUT2D eigenvalue weighted by Gasteiger charge is 2.43. The van der Waals surface area contributed by atoms with Crippen LogP contribution in [0.5, 0.6) is 5.75 Å². The number of hydrogen-bond acceptors (Lipinski definition) is 1. The van der Waals surface area contributed by atoms with E-state index in [0.717, 1.165) is 37.8 Å². The Morgan fingerprint density at radius 2 is 1.30 bits per heavy atom. The van der Waals surface area contributed by atoms with Gasteiger partial charge in [0.15, 0.2) is 17.4 Å². The Balaban J connectivity index is 1.77. The molecule has 0 bridgehead atoms. The van der Waals surface area contributed by atoms with Gasteiger partial charge in [-0.25, -0.2) is 17.6 Å². The Morgan fingerprint density at radius 3 is 1.79 bits per heavy atom. The largest absolute Gasteiger partial charge is 0.427 e. The fourth-order valence-corrected chi connectivity index (χ4v) is 4.04. The third-order valence-electron chi connectivity index (χ3n) is 5.93. The Kier molecular flexibility index (Phi) is 7.24. The standard InChI is InChI=1S/C23H21F9O/c1-12-2-4-13(5-3-12)6-7-14-8-18(26)21(19(27)9-14)33-23(31,32)15-10-16(24)20(17(25)11-15)22(28,29)30/h8-13H,2-7H2,1H3. The first-order chi connectivity index (χ1) is 15.3. The van der Waals surface area contributed by atoms with Crippen molar-refractivity contribution in [1.82, 2.24) is 0 Å². The molecule has 0 aromatic heterocycles. The summed E-state index contributed by atoms with van der Waals surface area (Å²) in [5, 5.41) is 0. The van der Waals surface area contributed by atoms with Gasteiger partial charge in [0.05, 0.1) is 5.56 Å². The van der Waals surface area contributed by atoms with Crippen LogP contribution < -0.4 is 4.74 Å². The molecular formula is C23H21F9O. The SMILES string of the molecule is CC1CCC(CCc2cc(F)c(OC(F)(F)c3cc(F)c(C(F)(F)F)c(F)c3)c(F)c2)CC1. The molecule has 0 saturated heterocycles. The molecule has 0 unspecified atom stereocenters. The lowest BCUT2D eigenvalue weighted by atomic mass is 9.80. The molecule has 33 heavy (non-hydrogen) atoms. The number of alkyl halides is 5. The highest BCUT2D eigenvalue weighted by atomic mass is 19.4. The maximum absolute atomic E-state index is 14.4. The zero-order valence-electron chi connectivity index (χ0n) is 17.5. The van der Waals surface area contributed by atoms with Crippen molar-refractivity contribution in [3.05, 3.63) is 64.2 Å². The van der Waals surface area contributed by atoms with Gasteiger partial charge in [0, 0.05) is 0 Å². The first-order valence-electron chi connectivity index (χ1n) is 10.4. The average molecular weight is 484 g/mol. The summed E-state index contributed by atoms with van der Waals surface area (Å²) >= 11 is 0. The predicted octanol–water partition coefficient (Wildman–Crippen LogP) is 8.15. The number of rotatable bonds is 6. The molecule has 0 spiro atoms. The number of benzene rings is 2. The monoisotopic (exact) mass is 484 g/mol. The van der Waals surface area contributed by atoms with Gasteiger partial charge in [0.25, 0.3) is 0 Å². The zero-order chi connectivity index (χ0) is 24.6. The second kappa shape index (κ2) is 9.46. The van der Waals surface area contributed by atoms with Gasteiger partial charge in [-0.1, -0.05) is 32.6 Å². The molecule has 0 heterocycles. The zero-order valence-corrected chi connectivity index (χ0v) is 17.5. The third-order valence-corrected chi connectivity index (χ3v) is 5.93. The minimum Gasteiger partial charge on any atom is -0.423 e. The summed E-state index contributed by atoms with van der Waals surface area (Å²) in [6, 6.07) is 1.07. The Labute approximate surface area is 184 Å². The van der Waals surface area contributed by atoms with Crippen LogP contribution in [0.2, 0.25) is 0 Å². The molecule has 1 fully saturated rings. The predicted molar refractivity (Wildman–Crippen MR) is 102 cm³/mol. The molecule has 0 atom stereocenters. The van der Waals surface area contributed by atoms with Crippen LogP contribution >= 0.6 is 0 Å². The Bertz CT molecular complexity index is 946. The van der Waals surface area contributed by atoms with Crippen LogP contribution in [-0.4, -0.2) is 0 Å². The minimum atomic E-state index is -5.47. The summed E-state index contributed by atoms with van der Waals surface area (Å²) < 4.78 is 127. The average Bonchev–Trinajstić information content (AvgIpc) is 2.68. The van der Waals surface area contributed by atoms with E-state index < -0.39 is 52.4 Å². The first kappa shape index (κ1) is 25.2. The molecule has 3 rings (SSSR count). The molecule has 2 aromatic carbocycles. The summed E-state index contributed by atoms with van der Waals surface area (Å²) in [5.74, 6) is -8.01. The van der Waals surface area contributed by atoms with Crippen LogP contribution in [0.15, 0.2) is 24.3 Å². The van der Waals surface area contributed by atoms with Crippen LogP contribution in [0.3, 0.4) is 0 Å². The molecule has 0 amide bonds. The van der Waals surface area contributed by atoms with E-state index in [2.05, 4.69) is 11.7 Å². The molecule has 182 valence electrons. The first-order valence-corrected chi connectivity index (χ1v) is 10.4. The van der Waals surface area contributed by atoms with Crippen LogP contribution in [0, 0.1) is 35.1 Å². The van der Waals surface area contributed by atoms with Crippen molar-refractivity contribution in [2.24, 2.45) is 11.8 Å². The van der Waals surface area contributed by atoms with Crippen molar-refractivity contribution in [2.75, 3.05) is 0 Å². The Hall–Kier alpha value is -2.39. The van der Waals surface area contributed by atoms with Gasteiger partial charge in [-0.2, -0.15) is 22.0 Å². The lowest BCUT2D eigenvalue weighted by molar-refractivity contribution is -0.189. The quantitative estimate of drug-likeness (QED) is 0.376. The normalized spacial score (nSPS) is 19.6. The summed E-state index contributed by atoms with van der Waals surface area (Å²) in [6.45, 7) is 2.16. The van der Waals surface area contributed by atoms with Crippen LogP contribution in [-0.2, 0) is 18.7 Å². The van der Waals surface area contributed by atoms with Gasteiger partial charge in [-0.15, -0.1) is 0 Å². The summed E-state index contributed by atoms with van der Waals surface area (Å²) in [4.78, 5) is 0. The molecular weight excluding hydrogens is 463 g/mol. The molecule has 10 heteroatoms. The molecule has 1 aliphatic rings. The van der Waals surface area contributed by atoms with E-state index in [-0.39, 0.29) is 17.7 Å². The molecule has 1 saturated carbocycles. The van der Waals surface area contributed by atoms with Crippen LogP contribution in [0.1, 0.15) is 55.7 Å². The summed E-state index contributed by atoms with van der Waals surface area (Å²) in [5.41, 5.74) is -3.80. The van der Waals surface area contributed by atoms with Crippen molar-refractivity contribution in [1.29, 1.82) is 0 Å². The smallest absolute Gasteiger partial charge is 0.423 e. The molecule has 2 aromatic rings. The van der Waals surface area contributed by atoms with Crippen LogP contribution in [0.25, 0.3) is 0 Å². The fourth-order valence-electron chi connectivity index (χ4n) is 4.04. The van der Waals surface area contributed by atoms with E-state index in [9.17, 15) is 39.5 Å². The van der Waals surface area contributed by atoms with E-state index in [1.54, 1.807) is 0 Å². The molecule has 0 N–H and O–H groups in total. The van der Waals surface area contributed by atoms with Gasteiger partial charge < -0.3 is 4.74 Å². The van der Waals surface area contributed by atoms with E-state index >= 15 is 0 Å². The van der Waals surface area contributed by atoms with Gasteiger partial charge in [0.2, 0.25) is 0 Å². The van der Waals surface area contributed by atoms with Crippen LogP contribution in [0.4, 0.5) is 39.5 Å². The number of aryl methyl sites for hydroxylation is 1. The maximum atomic E-state index is 14.4. The third kappa shape index (κ3) is 5.95. The molecule has 0 radical (unpaired) electrons. The van der Waals surface area contributed by atoms with Gasteiger partial charge in [0.1, 0.15) is 17.2 Å². The van der Waals surface area contributed by atoms with E-state index in [4.69, 9.17) is 0 Å². The molecule has 1 aliphatic carbocycles. The van der Waals surface area contributed by atoms with Gasteiger partial charge in [-0.3, -0.25) is 0 Å². The van der Waals surface area contributed by atoms with E-state index in [1.165, 1.54) is 0 Å². The Morgan fingerprint density at radius 1 is 0.788 bits per heavy atom. The highest BCUT2D eigenvalue weighted by Crippen LogP contribution is 2.39. The molecule has 1 nitrogen and oxygen atoms in total. The van der Waals surface area contributed by atoms with Crippen molar-refractivity contribution in [3.8, 4) is 5.75 Å². The van der Waals surface area contributed by atoms with Crippen molar-refractivity contribution >= 4 is 0 Å². The van der Waals surface area contributed by atoms with Gasteiger partial charge >= 0.3 is 12.3 Å². The van der Waals surface area contributed by atoms with E-state index in [1.807, 2.05) is 0 Å². The minimum absolute atomic E-state index is 0.228. The molecule has 0 aliphatic heterocycles. The van der Waals surface area contributed by atoms with E-state index in [0.29, 0.717) is 24.7 Å². The topological polar surface area (TPSA) is 9.23 Å². The number of hydrogen-bond donors (Lipinski definition) is 0. The maximum Gasteiger partial charge on any atom is 0.427 e. The second-order valence-corrected chi connectivity index (χ2v) is 8.48. The van der Waals surface area contributed by atoms with Crippen molar-refractivity contribution < 1.29 is 44.3 Å². The van der Waals surface area contributed by atoms with Crippen molar-refractivity contribution in [2.45, 2.75) is 57.7 Å². The number of halogens is 9. The summed E-state index contributed by atoms with van der Waals surface area (Å²) in [6.07, 6.45) is -5.05. The lowest BCUT2D eigenvalue weighted by Crippen LogP contribution is -2.25. The fraction of sp³-hybridized carbons (Fsp3) is 0.478. The summed E-state index contributed by atoms with van der Waals surface area (Å²) in [7, 11) is 0. The van der Waals surface area contributed by atoms with Gasteiger partial charge in [-0.05, 0) is 54.5 Å². The highest BCUT2D eigenvalue weighted by molar-refractivity contribution is 5.34. The lowest BCUT2D eigenvalue weighted by Gasteiger charge is -2.26. The van der Waals surface area contributed by atoms with Crippen molar-refractivity contribution in [3.63, 3.8) is 0 Å².